The van der Waals surface area contributed by atoms with E-state index in [9.17, 15) is 0 Å². The Labute approximate surface area is 326 Å². The summed E-state index contributed by atoms with van der Waals surface area (Å²) in [7, 11) is 0. The average Bonchev–Trinajstić information content (AvgIpc) is 3.69. The molecule has 0 N–H and O–H groups in total. The van der Waals surface area contributed by atoms with Gasteiger partial charge in [-0.05, 0) is 68.8 Å². The fraction of sp³-hybridized carbons (Fsp3) is 0. The number of fused-ring (bicyclic) bond motifs is 3. The molecule has 0 unspecified atom stereocenters. The largest absolute Gasteiger partial charge is 0.456 e. The van der Waals surface area contributed by atoms with E-state index in [1.54, 1.807) is 12.1 Å². The van der Waals surface area contributed by atoms with Gasteiger partial charge in [0.25, 0.3) is 0 Å². The Morgan fingerprint density at radius 1 is 0.345 bits per heavy atom. The van der Waals surface area contributed by atoms with Gasteiger partial charge >= 0.3 is 0 Å². The lowest BCUT2D eigenvalue weighted by atomic mass is 9.97. The molecule has 0 saturated heterocycles. The summed E-state index contributed by atoms with van der Waals surface area (Å²) in [5, 5.41) is 1.86. The van der Waals surface area contributed by atoms with E-state index in [4.69, 9.17) is 26.2 Å². The van der Waals surface area contributed by atoms with Crippen LogP contribution in [0.4, 0.5) is 0 Å². The highest BCUT2D eigenvalue weighted by molar-refractivity contribution is 6.12. The Kier molecular flexibility index (Phi) is 6.85. The summed E-state index contributed by atoms with van der Waals surface area (Å²) in [5.41, 5.74) is 11.0. The van der Waals surface area contributed by atoms with E-state index in [1.807, 2.05) is 97.1 Å². The van der Waals surface area contributed by atoms with Crippen LogP contribution >= 0.6 is 0 Å². The molecule has 0 aliphatic carbocycles. The summed E-state index contributed by atoms with van der Waals surface area (Å²) < 4.78 is 47.2. The predicted octanol–water partition coefficient (Wildman–Crippen LogP) is 13.4. The van der Waals surface area contributed by atoms with E-state index in [-0.39, 0.29) is 29.7 Å². The lowest BCUT2D eigenvalue weighted by molar-refractivity contribution is 0.669. The Balaban J connectivity index is 1.02. The fourth-order valence-corrected chi connectivity index (χ4v) is 7.08. The first-order valence-electron chi connectivity index (χ1n) is 20.5. The Bertz CT molecular complexity index is 3210. The molecule has 0 radical (unpaired) electrons. The van der Waals surface area contributed by atoms with E-state index in [1.165, 1.54) is 0 Å². The van der Waals surface area contributed by atoms with Crippen molar-refractivity contribution in [1.82, 2.24) is 15.0 Å². The number of furan rings is 1. The Morgan fingerprint density at radius 3 is 1.53 bits per heavy atom. The molecule has 258 valence electrons. The second-order valence-corrected chi connectivity index (χ2v) is 13.3. The maximum Gasteiger partial charge on any atom is 0.164 e. The third-order valence-corrected chi connectivity index (χ3v) is 9.86. The van der Waals surface area contributed by atoms with E-state index in [0.29, 0.717) is 23.0 Å². The second kappa shape index (κ2) is 13.8. The lowest BCUT2D eigenvalue weighted by Crippen LogP contribution is -2.00. The van der Waals surface area contributed by atoms with Gasteiger partial charge in [-0.3, -0.25) is 0 Å². The van der Waals surface area contributed by atoms with E-state index in [0.717, 1.165) is 72.0 Å². The SMILES string of the molecule is [2H]c1c([2H])c([2H])c(-c2ccc(-c3ccc(-c4ccc5oc6cccc(-c7nc(-c8ccccc8)nc(-c8cccc(-c9ccccc9)c8)n7)c6c5c4)cc3)cc2)c([2H])c1[2H]. The first-order valence-corrected chi connectivity index (χ1v) is 18.0. The van der Waals surface area contributed by atoms with Crippen LogP contribution in [0.3, 0.4) is 0 Å². The topological polar surface area (TPSA) is 51.8 Å². The maximum absolute atomic E-state index is 8.36. The van der Waals surface area contributed by atoms with Gasteiger partial charge in [-0.15, -0.1) is 0 Å². The highest BCUT2D eigenvalue weighted by Crippen LogP contribution is 2.39. The summed E-state index contributed by atoms with van der Waals surface area (Å²) in [6.45, 7) is 0. The normalized spacial score (nSPS) is 12.5. The zero-order valence-corrected chi connectivity index (χ0v) is 29.4. The molecule has 0 amide bonds. The first-order chi connectivity index (χ1) is 29.3. The van der Waals surface area contributed by atoms with Crippen LogP contribution in [-0.4, -0.2) is 15.0 Å². The maximum atomic E-state index is 8.36. The van der Waals surface area contributed by atoms with Crippen molar-refractivity contribution in [3.8, 4) is 78.7 Å². The van der Waals surface area contributed by atoms with Gasteiger partial charge in [0, 0.05) is 27.5 Å². The van der Waals surface area contributed by atoms with Crippen molar-refractivity contribution in [2.75, 3.05) is 0 Å². The van der Waals surface area contributed by atoms with Gasteiger partial charge in [0.05, 0.1) is 6.85 Å². The number of hydrogen-bond donors (Lipinski definition) is 0. The van der Waals surface area contributed by atoms with Crippen LogP contribution in [-0.2, 0) is 0 Å². The fourth-order valence-electron chi connectivity index (χ4n) is 7.08. The Hall–Kier alpha value is -7.43. The van der Waals surface area contributed by atoms with Crippen LogP contribution in [0.15, 0.2) is 204 Å². The minimum atomic E-state index is -0.401. The average molecular weight is 709 g/mol. The van der Waals surface area contributed by atoms with Crippen molar-refractivity contribution < 1.29 is 11.3 Å². The monoisotopic (exact) mass is 708 g/mol. The molecule has 0 aliphatic rings. The predicted molar refractivity (Wildman–Crippen MR) is 225 cm³/mol. The molecular formula is C51H33N3O. The summed E-state index contributed by atoms with van der Waals surface area (Å²) >= 11 is 0. The number of aromatic nitrogens is 3. The number of rotatable bonds is 7. The molecule has 0 atom stereocenters. The van der Waals surface area contributed by atoms with Crippen molar-refractivity contribution in [3.05, 3.63) is 200 Å². The molecular weight excluding hydrogens is 671 g/mol. The van der Waals surface area contributed by atoms with Crippen LogP contribution in [0.1, 0.15) is 6.85 Å². The molecule has 0 saturated carbocycles. The minimum absolute atomic E-state index is 0.189. The molecule has 4 heteroatoms. The molecule has 2 heterocycles. The molecule has 2 aromatic heterocycles. The van der Waals surface area contributed by atoms with Crippen molar-refractivity contribution in [3.63, 3.8) is 0 Å². The quantitative estimate of drug-likeness (QED) is 0.165. The summed E-state index contributed by atoms with van der Waals surface area (Å²) in [6.07, 6.45) is 0. The number of benzene rings is 8. The van der Waals surface area contributed by atoms with Crippen molar-refractivity contribution >= 4 is 21.9 Å². The zero-order chi connectivity index (χ0) is 40.9. The Morgan fingerprint density at radius 2 is 0.836 bits per heavy atom. The third kappa shape index (κ3) is 6.26. The highest BCUT2D eigenvalue weighted by atomic mass is 16.3. The van der Waals surface area contributed by atoms with Gasteiger partial charge in [0.15, 0.2) is 17.5 Å². The molecule has 0 aliphatic heterocycles. The third-order valence-electron chi connectivity index (χ3n) is 9.86. The summed E-state index contributed by atoms with van der Waals surface area (Å²) in [6, 6.07) is 54.9. The van der Waals surface area contributed by atoms with Crippen LogP contribution in [0, 0.1) is 0 Å². The zero-order valence-electron chi connectivity index (χ0n) is 34.4. The van der Waals surface area contributed by atoms with Gasteiger partial charge in [0.2, 0.25) is 0 Å². The minimum Gasteiger partial charge on any atom is -0.456 e. The van der Waals surface area contributed by atoms with Gasteiger partial charge < -0.3 is 4.42 Å². The van der Waals surface area contributed by atoms with Crippen molar-refractivity contribution in [1.29, 1.82) is 0 Å². The van der Waals surface area contributed by atoms with Crippen LogP contribution < -0.4 is 0 Å². The molecule has 0 fully saturated rings. The van der Waals surface area contributed by atoms with E-state index >= 15 is 0 Å². The molecule has 8 aromatic carbocycles. The van der Waals surface area contributed by atoms with Crippen molar-refractivity contribution in [2.24, 2.45) is 0 Å². The van der Waals surface area contributed by atoms with Crippen LogP contribution in [0.5, 0.6) is 0 Å². The van der Waals surface area contributed by atoms with Crippen LogP contribution in [0.2, 0.25) is 0 Å². The summed E-state index contributed by atoms with van der Waals surface area (Å²) in [5.74, 6) is 1.70. The van der Waals surface area contributed by atoms with Crippen molar-refractivity contribution in [2.45, 2.75) is 0 Å². The van der Waals surface area contributed by atoms with Gasteiger partial charge in [0.1, 0.15) is 11.2 Å². The number of nitrogens with zero attached hydrogens (tertiary/aromatic N) is 3. The van der Waals surface area contributed by atoms with Gasteiger partial charge in [-0.1, -0.05) is 176 Å². The molecule has 10 rings (SSSR count). The lowest BCUT2D eigenvalue weighted by Gasteiger charge is -2.10. The molecule has 4 nitrogen and oxygen atoms in total. The van der Waals surface area contributed by atoms with Gasteiger partial charge in [-0.25, -0.2) is 15.0 Å². The van der Waals surface area contributed by atoms with Gasteiger partial charge in [-0.2, -0.15) is 0 Å². The number of hydrogen-bond acceptors (Lipinski definition) is 4. The summed E-state index contributed by atoms with van der Waals surface area (Å²) in [4.78, 5) is 15.2. The van der Waals surface area contributed by atoms with Crippen LogP contribution in [0.25, 0.3) is 101 Å². The molecule has 0 spiro atoms. The molecule has 55 heavy (non-hydrogen) atoms. The standard InChI is InChI=1S/C51H33N3O/c1-4-12-34(13-5-1)36-22-24-37(25-23-36)38-26-28-39(29-27-38)42-30-31-46-45(33-42)48-44(20-11-21-47(48)55-46)51-53-49(40-16-8-3-9-17-40)52-50(54-51)43-19-10-18-41(32-43)35-14-6-2-7-15-35/h1-33H/i1D,4D,5D,12D,13D. The molecule has 0 bridgehead atoms. The smallest absolute Gasteiger partial charge is 0.164 e. The first kappa shape index (κ1) is 27.2. The van der Waals surface area contributed by atoms with E-state index in [2.05, 4.69) is 60.7 Å². The second-order valence-electron chi connectivity index (χ2n) is 13.3. The highest BCUT2D eigenvalue weighted by Gasteiger charge is 2.19. The van der Waals surface area contributed by atoms with E-state index < -0.39 is 6.04 Å². The molecule has 10 aromatic rings.